The first-order valence-electron chi connectivity index (χ1n) is 5.93. The highest BCUT2D eigenvalue weighted by atomic mass is 19.4. The van der Waals surface area contributed by atoms with Crippen molar-refractivity contribution < 1.29 is 17.6 Å². The molecular formula is C13H6F3N5O. The number of nitrogens with one attached hydrogen (secondary N) is 1. The van der Waals surface area contributed by atoms with E-state index in [9.17, 15) is 13.2 Å². The van der Waals surface area contributed by atoms with Gasteiger partial charge in [0.05, 0.1) is 5.56 Å². The van der Waals surface area contributed by atoms with Crippen molar-refractivity contribution in [2.75, 3.05) is 0 Å². The van der Waals surface area contributed by atoms with Gasteiger partial charge < -0.3 is 4.42 Å². The van der Waals surface area contributed by atoms with Crippen molar-refractivity contribution in [3.8, 4) is 28.9 Å². The number of halogens is 3. The minimum Gasteiger partial charge on any atom is -0.444 e. The van der Waals surface area contributed by atoms with Crippen LogP contribution in [0.2, 0.25) is 0 Å². The number of H-pyrrole nitrogens is 1. The van der Waals surface area contributed by atoms with E-state index in [1.807, 2.05) is 6.07 Å². The van der Waals surface area contributed by atoms with Crippen molar-refractivity contribution in [2.45, 2.75) is 6.18 Å². The lowest BCUT2D eigenvalue weighted by molar-refractivity contribution is -0.137. The highest BCUT2D eigenvalue weighted by molar-refractivity contribution is 5.63. The molecule has 2 heterocycles. The number of oxazole rings is 1. The number of hydrogen-bond acceptors (Lipinski definition) is 5. The molecule has 3 rings (SSSR count). The fourth-order valence-corrected chi connectivity index (χ4v) is 1.80. The van der Waals surface area contributed by atoms with Gasteiger partial charge in [0.15, 0.2) is 11.4 Å². The monoisotopic (exact) mass is 305 g/mol. The molecule has 0 unspecified atom stereocenters. The molecule has 0 spiro atoms. The Morgan fingerprint density at radius 1 is 1.14 bits per heavy atom. The maximum Gasteiger partial charge on any atom is 0.416 e. The van der Waals surface area contributed by atoms with Gasteiger partial charge in [-0.15, -0.1) is 5.10 Å². The number of nitrogens with zero attached hydrogens (tertiary/aromatic N) is 4. The molecule has 1 N–H and O–H groups in total. The summed E-state index contributed by atoms with van der Waals surface area (Å²) >= 11 is 0. The standard InChI is InChI=1S/C13H6F3N5O/c14-13(15,16)8-3-1-7(2-4-8)12-18-10(6-22-12)11-9(5-17)19-21-20-11/h1-4,6H,(H,19,20,21). The van der Waals surface area contributed by atoms with Gasteiger partial charge in [-0.2, -0.15) is 28.7 Å². The summed E-state index contributed by atoms with van der Waals surface area (Å²) in [5.74, 6) is 0.121. The second-order valence-electron chi connectivity index (χ2n) is 4.25. The Hall–Kier alpha value is -3.15. The van der Waals surface area contributed by atoms with Crippen LogP contribution < -0.4 is 0 Å². The molecule has 0 fully saturated rings. The summed E-state index contributed by atoms with van der Waals surface area (Å²) in [5, 5.41) is 18.6. The lowest BCUT2D eigenvalue weighted by atomic mass is 10.1. The van der Waals surface area contributed by atoms with Gasteiger partial charge in [-0.25, -0.2) is 4.98 Å². The zero-order valence-electron chi connectivity index (χ0n) is 10.7. The molecule has 0 aliphatic heterocycles. The summed E-state index contributed by atoms with van der Waals surface area (Å²) in [6.45, 7) is 0. The van der Waals surface area contributed by atoms with Crippen LogP contribution in [0.1, 0.15) is 11.3 Å². The molecular weight excluding hydrogens is 299 g/mol. The topological polar surface area (TPSA) is 91.4 Å². The summed E-state index contributed by atoms with van der Waals surface area (Å²) < 4.78 is 42.7. The van der Waals surface area contributed by atoms with E-state index in [-0.39, 0.29) is 23.0 Å². The first-order valence-corrected chi connectivity index (χ1v) is 5.93. The van der Waals surface area contributed by atoms with Gasteiger partial charge in [0, 0.05) is 5.56 Å². The van der Waals surface area contributed by atoms with Crippen LogP contribution >= 0.6 is 0 Å². The van der Waals surface area contributed by atoms with Gasteiger partial charge in [0.1, 0.15) is 18.0 Å². The van der Waals surface area contributed by atoms with Crippen molar-refractivity contribution in [1.29, 1.82) is 5.26 Å². The molecule has 0 atom stereocenters. The first-order chi connectivity index (χ1) is 10.5. The van der Waals surface area contributed by atoms with E-state index >= 15 is 0 Å². The highest BCUT2D eigenvalue weighted by Gasteiger charge is 2.30. The average molecular weight is 305 g/mol. The Morgan fingerprint density at radius 2 is 1.86 bits per heavy atom. The second kappa shape index (κ2) is 5.00. The van der Waals surface area contributed by atoms with E-state index in [0.29, 0.717) is 5.56 Å². The van der Waals surface area contributed by atoms with E-state index in [1.54, 1.807) is 0 Å². The fourth-order valence-electron chi connectivity index (χ4n) is 1.80. The minimum atomic E-state index is -4.40. The van der Waals surface area contributed by atoms with Crippen molar-refractivity contribution in [2.24, 2.45) is 0 Å². The summed E-state index contributed by atoms with van der Waals surface area (Å²) in [6.07, 6.45) is -3.14. The van der Waals surface area contributed by atoms with Crippen LogP contribution in [0.15, 0.2) is 34.9 Å². The van der Waals surface area contributed by atoms with E-state index in [0.717, 1.165) is 12.1 Å². The molecule has 0 aliphatic rings. The zero-order chi connectivity index (χ0) is 15.7. The van der Waals surface area contributed by atoms with Crippen LogP contribution in [-0.2, 0) is 6.18 Å². The Balaban J connectivity index is 1.93. The van der Waals surface area contributed by atoms with Crippen LogP contribution in [0.25, 0.3) is 22.8 Å². The van der Waals surface area contributed by atoms with Gasteiger partial charge in [-0.05, 0) is 24.3 Å². The summed E-state index contributed by atoms with van der Waals surface area (Å²) in [4.78, 5) is 4.10. The second-order valence-corrected chi connectivity index (χ2v) is 4.25. The molecule has 1 aromatic carbocycles. The van der Waals surface area contributed by atoms with E-state index < -0.39 is 11.7 Å². The molecule has 110 valence electrons. The molecule has 0 bridgehead atoms. The molecule has 3 aromatic rings. The Kier molecular flexibility index (Phi) is 3.14. The first kappa shape index (κ1) is 13.8. The summed E-state index contributed by atoms with van der Waals surface area (Å²) in [7, 11) is 0. The van der Waals surface area contributed by atoms with Crippen molar-refractivity contribution >= 4 is 0 Å². The fraction of sp³-hybridized carbons (Fsp3) is 0.0769. The molecule has 0 saturated heterocycles. The van der Waals surface area contributed by atoms with Crippen molar-refractivity contribution in [1.82, 2.24) is 20.4 Å². The average Bonchev–Trinajstić information content (AvgIpc) is 3.15. The van der Waals surface area contributed by atoms with Gasteiger partial charge in [-0.1, -0.05) is 0 Å². The SMILES string of the molecule is N#Cc1n[nH]nc1-c1coc(-c2ccc(C(F)(F)F)cc2)n1. The quantitative estimate of drug-likeness (QED) is 0.785. The number of nitriles is 1. The normalized spacial score (nSPS) is 11.4. The third kappa shape index (κ3) is 2.42. The van der Waals surface area contributed by atoms with Gasteiger partial charge in [0.2, 0.25) is 5.89 Å². The van der Waals surface area contributed by atoms with Crippen LogP contribution in [0.4, 0.5) is 13.2 Å². The summed E-state index contributed by atoms with van der Waals surface area (Å²) in [6, 6.07) is 6.23. The smallest absolute Gasteiger partial charge is 0.416 e. The molecule has 0 radical (unpaired) electrons. The Morgan fingerprint density at radius 3 is 2.50 bits per heavy atom. The molecule has 2 aromatic heterocycles. The highest BCUT2D eigenvalue weighted by Crippen LogP contribution is 2.31. The maximum absolute atomic E-state index is 12.5. The third-order valence-corrected chi connectivity index (χ3v) is 2.86. The maximum atomic E-state index is 12.5. The number of benzene rings is 1. The molecule has 0 saturated carbocycles. The van der Waals surface area contributed by atoms with Crippen LogP contribution in [-0.4, -0.2) is 20.4 Å². The third-order valence-electron chi connectivity index (χ3n) is 2.86. The molecule has 0 amide bonds. The van der Waals surface area contributed by atoms with Gasteiger partial charge in [0.25, 0.3) is 0 Å². The number of hydrogen-bond donors (Lipinski definition) is 1. The van der Waals surface area contributed by atoms with E-state index in [1.165, 1.54) is 18.4 Å². The number of alkyl halides is 3. The number of aromatic nitrogens is 4. The number of aromatic amines is 1. The molecule has 6 nitrogen and oxygen atoms in total. The predicted octanol–water partition coefficient (Wildman–Crippen LogP) is 3.02. The predicted molar refractivity (Wildman–Crippen MR) is 67.0 cm³/mol. The minimum absolute atomic E-state index is 0.0484. The van der Waals surface area contributed by atoms with Crippen molar-refractivity contribution in [3.63, 3.8) is 0 Å². The van der Waals surface area contributed by atoms with Crippen LogP contribution in [0.3, 0.4) is 0 Å². The molecule has 22 heavy (non-hydrogen) atoms. The molecule has 9 heteroatoms. The Bertz CT molecular complexity index is 842. The largest absolute Gasteiger partial charge is 0.444 e. The summed E-state index contributed by atoms with van der Waals surface area (Å²) in [5.41, 5.74) is 0.143. The van der Waals surface area contributed by atoms with Gasteiger partial charge >= 0.3 is 6.18 Å². The van der Waals surface area contributed by atoms with E-state index in [4.69, 9.17) is 9.68 Å². The zero-order valence-corrected chi connectivity index (χ0v) is 10.7. The van der Waals surface area contributed by atoms with Gasteiger partial charge in [-0.3, -0.25) is 0 Å². The van der Waals surface area contributed by atoms with Crippen LogP contribution in [0, 0.1) is 11.3 Å². The van der Waals surface area contributed by atoms with Crippen LogP contribution in [0.5, 0.6) is 0 Å². The van der Waals surface area contributed by atoms with E-state index in [2.05, 4.69) is 20.4 Å². The lowest BCUT2D eigenvalue weighted by Crippen LogP contribution is -2.03. The molecule has 0 aliphatic carbocycles. The number of rotatable bonds is 2. The Labute approximate surface area is 121 Å². The lowest BCUT2D eigenvalue weighted by Gasteiger charge is -2.05. The van der Waals surface area contributed by atoms with Crippen molar-refractivity contribution in [3.05, 3.63) is 41.8 Å².